The highest BCUT2D eigenvalue weighted by molar-refractivity contribution is 5.92. The van der Waals surface area contributed by atoms with Crippen molar-refractivity contribution >= 4 is 11.6 Å². The van der Waals surface area contributed by atoms with E-state index in [9.17, 15) is 13.6 Å². The van der Waals surface area contributed by atoms with E-state index in [0.717, 1.165) is 0 Å². The van der Waals surface area contributed by atoms with Crippen LogP contribution in [0.2, 0.25) is 0 Å². The van der Waals surface area contributed by atoms with Crippen molar-refractivity contribution in [1.82, 2.24) is 0 Å². The van der Waals surface area contributed by atoms with E-state index in [1.807, 2.05) is 0 Å². The van der Waals surface area contributed by atoms with E-state index < -0.39 is 12.5 Å². The van der Waals surface area contributed by atoms with Gasteiger partial charge in [-0.15, -0.1) is 0 Å². The molecule has 0 unspecified atom stereocenters. The first kappa shape index (κ1) is 12.4. The molecule has 16 heavy (non-hydrogen) atoms. The summed E-state index contributed by atoms with van der Waals surface area (Å²) in [5, 5.41) is 2.44. The topological polar surface area (TPSA) is 64.4 Å². The summed E-state index contributed by atoms with van der Waals surface area (Å²) >= 11 is 0. The number of nitrogens with two attached hydrogens (primary N) is 1. The van der Waals surface area contributed by atoms with E-state index in [4.69, 9.17) is 5.73 Å². The fourth-order valence-electron chi connectivity index (χ4n) is 1.11. The lowest BCUT2D eigenvalue weighted by atomic mass is 10.2. The minimum atomic E-state index is -2.89. The lowest BCUT2D eigenvalue weighted by Crippen LogP contribution is -2.21. The number of rotatable bonds is 4. The molecule has 0 spiro atoms. The van der Waals surface area contributed by atoms with E-state index >= 15 is 0 Å². The van der Waals surface area contributed by atoms with Crippen molar-refractivity contribution in [3.63, 3.8) is 0 Å². The number of halogens is 2. The molecular formula is C10H12F2N2O2. The van der Waals surface area contributed by atoms with E-state index in [0.29, 0.717) is 11.3 Å². The number of aryl methyl sites for hydroxylation is 1. The Kier molecular flexibility index (Phi) is 4.19. The molecule has 0 saturated carbocycles. The number of carbonyl (C=O) groups excluding carboxylic acids is 1. The van der Waals surface area contributed by atoms with Crippen molar-refractivity contribution in [3.8, 4) is 5.75 Å². The molecule has 0 radical (unpaired) electrons. The molecule has 1 amide bonds. The van der Waals surface area contributed by atoms with Crippen molar-refractivity contribution in [2.24, 2.45) is 5.73 Å². The first-order valence-corrected chi connectivity index (χ1v) is 4.58. The molecular weight excluding hydrogens is 218 g/mol. The average molecular weight is 230 g/mol. The molecule has 0 fully saturated rings. The minimum Gasteiger partial charge on any atom is -0.434 e. The number of hydrogen-bond donors (Lipinski definition) is 2. The molecule has 0 aliphatic heterocycles. The molecule has 1 aromatic rings. The third kappa shape index (κ3) is 3.47. The molecule has 0 saturated heterocycles. The van der Waals surface area contributed by atoms with Crippen LogP contribution in [-0.4, -0.2) is 19.1 Å². The zero-order valence-corrected chi connectivity index (χ0v) is 8.67. The second-order valence-electron chi connectivity index (χ2n) is 3.11. The minimum absolute atomic E-state index is 0.0322. The highest BCUT2D eigenvalue weighted by Gasteiger charge is 2.08. The number of alkyl halides is 2. The summed E-state index contributed by atoms with van der Waals surface area (Å²) in [4.78, 5) is 11.0. The molecule has 4 nitrogen and oxygen atoms in total. The zero-order valence-electron chi connectivity index (χ0n) is 8.67. The quantitative estimate of drug-likeness (QED) is 0.823. The second kappa shape index (κ2) is 5.41. The number of benzene rings is 1. The van der Waals surface area contributed by atoms with Crippen LogP contribution in [0.4, 0.5) is 14.5 Å². The molecule has 0 aromatic heterocycles. The van der Waals surface area contributed by atoms with Crippen molar-refractivity contribution in [3.05, 3.63) is 23.8 Å². The van der Waals surface area contributed by atoms with Gasteiger partial charge in [-0.05, 0) is 18.6 Å². The zero-order chi connectivity index (χ0) is 12.1. The summed E-state index contributed by atoms with van der Waals surface area (Å²) in [6, 6.07) is 4.49. The van der Waals surface area contributed by atoms with Crippen LogP contribution in [0.1, 0.15) is 5.56 Å². The highest BCUT2D eigenvalue weighted by Crippen LogP contribution is 2.24. The Morgan fingerprint density at radius 3 is 2.81 bits per heavy atom. The van der Waals surface area contributed by atoms with Gasteiger partial charge in [0.15, 0.2) is 0 Å². The summed E-state index contributed by atoms with van der Waals surface area (Å²) in [5.74, 6) is -0.364. The number of amides is 1. The van der Waals surface area contributed by atoms with Gasteiger partial charge in [-0.3, -0.25) is 4.79 Å². The molecule has 6 heteroatoms. The van der Waals surface area contributed by atoms with E-state index in [-0.39, 0.29) is 12.3 Å². The van der Waals surface area contributed by atoms with Gasteiger partial charge in [0, 0.05) is 11.8 Å². The molecule has 88 valence electrons. The second-order valence-corrected chi connectivity index (χ2v) is 3.11. The number of hydrogen-bond acceptors (Lipinski definition) is 3. The molecule has 1 aromatic carbocycles. The van der Waals surface area contributed by atoms with Crippen molar-refractivity contribution < 1.29 is 18.3 Å². The van der Waals surface area contributed by atoms with E-state index in [1.54, 1.807) is 19.1 Å². The van der Waals surface area contributed by atoms with Crippen LogP contribution in [-0.2, 0) is 4.79 Å². The average Bonchev–Trinajstić information content (AvgIpc) is 2.22. The maximum absolute atomic E-state index is 12.0. The van der Waals surface area contributed by atoms with Gasteiger partial charge in [0.2, 0.25) is 5.91 Å². The summed E-state index contributed by atoms with van der Waals surface area (Å²) in [5.41, 5.74) is 6.04. The lowest BCUT2D eigenvalue weighted by molar-refractivity contribution is -0.114. The van der Waals surface area contributed by atoms with Crippen LogP contribution in [0.3, 0.4) is 0 Å². The van der Waals surface area contributed by atoms with E-state index in [2.05, 4.69) is 10.1 Å². The maximum Gasteiger partial charge on any atom is 0.387 e. The maximum atomic E-state index is 12.0. The smallest absolute Gasteiger partial charge is 0.387 e. The fourth-order valence-corrected chi connectivity index (χ4v) is 1.11. The van der Waals surface area contributed by atoms with E-state index in [1.165, 1.54) is 6.07 Å². The predicted molar refractivity (Wildman–Crippen MR) is 55.5 cm³/mol. The summed E-state index contributed by atoms with van der Waals surface area (Å²) < 4.78 is 28.3. The molecule has 0 bridgehead atoms. The Morgan fingerprint density at radius 2 is 2.25 bits per heavy atom. The molecule has 1 rings (SSSR count). The van der Waals surface area contributed by atoms with Gasteiger partial charge < -0.3 is 15.8 Å². The van der Waals surface area contributed by atoms with Gasteiger partial charge in [0.1, 0.15) is 5.75 Å². The number of ether oxygens (including phenoxy) is 1. The van der Waals surface area contributed by atoms with Gasteiger partial charge in [0.05, 0.1) is 6.54 Å². The van der Waals surface area contributed by atoms with Crippen molar-refractivity contribution in [1.29, 1.82) is 0 Å². The van der Waals surface area contributed by atoms with Gasteiger partial charge in [0.25, 0.3) is 0 Å². The predicted octanol–water partition coefficient (Wildman–Crippen LogP) is 1.49. The molecule has 0 aliphatic carbocycles. The van der Waals surface area contributed by atoms with Gasteiger partial charge >= 0.3 is 6.61 Å². The highest BCUT2D eigenvalue weighted by atomic mass is 19.3. The Balaban J connectivity index is 2.84. The Morgan fingerprint density at radius 1 is 1.56 bits per heavy atom. The molecule has 0 atom stereocenters. The lowest BCUT2D eigenvalue weighted by Gasteiger charge is -2.10. The first-order valence-electron chi connectivity index (χ1n) is 4.58. The number of anilines is 1. The van der Waals surface area contributed by atoms with Crippen LogP contribution < -0.4 is 15.8 Å². The van der Waals surface area contributed by atoms with Crippen LogP contribution in [0, 0.1) is 6.92 Å². The third-order valence-corrected chi connectivity index (χ3v) is 1.87. The summed E-state index contributed by atoms with van der Waals surface area (Å²) in [7, 11) is 0. The number of carbonyl (C=O) groups is 1. The molecule has 0 aliphatic rings. The van der Waals surface area contributed by atoms with Gasteiger partial charge in [-0.2, -0.15) is 8.78 Å². The Labute approximate surface area is 91.4 Å². The summed E-state index contributed by atoms with van der Waals surface area (Å²) in [6.45, 7) is -1.43. The standard InChI is InChI=1S/C10H12F2N2O2/c1-6-2-3-7(14-9(15)5-13)4-8(6)16-10(11)12/h2-4,10H,5,13H2,1H3,(H,14,15). The van der Waals surface area contributed by atoms with Crippen LogP contribution >= 0.6 is 0 Å². The largest absolute Gasteiger partial charge is 0.434 e. The number of nitrogens with one attached hydrogen (secondary N) is 1. The summed E-state index contributed by atoms with van der Waals surface area (Å²) in [6.07, 6.45) is 0. The fraction of sp³-hybridized carbons (Fsp3) is 0.300. The monoisotopic (exact) mass is 230 g/mol. The molecule has 0 heterocycles. The Hall–Kier alpha value is -1.69. The van der Waals surface area contributed by atoms with Crippen LogP contribution in [0.15, 0.2) is 18.2 Å². The molecule has 3 N–H and O–H groups in total. The SMILES string of the molecule is Cc1ccc(NC(=O)CN)cc1OC(F)F. The first-order chi connectivity index (χ1) is 7.52. The van der Waals surface area contributed by atoms with Gasteiger partial charge in [-0.1, -0.05) is 6.07 Å². The Bertz CT molecular complexity index is 383. The normalized spacial score (nSPS) is 10.3. The van der Waals surface area contributed by atoms with Crippen molar-refractivity contribution in [2.75, 3.05) is 11.9 Å². The van der Waals surface area contributed by atoms with Crippen molar-refractivity contribution in [2.45, 2.75) is 13.5 Å². The van der Waals surface area contributed by atoms with Crippen LogP contribution in [0.5, 0.6) is 5.75 Å². The van der Waals surface area contributed by atoms with Gasteiger partial charge in [-0.25, -0.2) is 0 Å². The van der Waals surface area contributed by atoms with Crippen LogP contribution in [0.25, 0.3) is 0 Å². The third-order valence-electron chi connectivity index (χ3n) is 1.87.